The van der Waals surface area contributed by atoms with Gasteiger partial charge in [0.25, 0.3) is 0 Å². The number of carbonyl (C=O) groups excluding carboxylic acids is 1. The number of esters is 1. The number of benzene rings is 1. The summed E-state index contributed by atoms with van der Waals surface area (Å²) in [4.78, 5) is 23.6. The van der Waals surface area contributed by atoms with E-state index in [4.69, 9.17) is 0 Å². The Balaban J connectivity index is 2.72. The van der Waals surface area contributed by atoms with Crippen molar-refractivity contribution < 1.29 is 18.3 Å². The summed E-state index contributed by atoms with van der Waals surface area (Å²) in [5.41, 5.74) is -1.01. The second kappa shape index (κ2) is 5.82. The van der Waals surface area contributed by atoms with Gasteiger partial charge < -0.3 is 4.74 Å². The van der Waals surface area contributed by atoms with Crippen LogP contribution in [0.4, 0.5) is 8.78 Å². The molecular weight excluding hydrogens is 282 g/mol. The quantitative estimate of drug-likeness (QED) is 0.811. The van der Waals surface area contributed by atoms with Crippen LogP contribution in [0.2, 0.25) is 0 Å². The summed E-state index contributed by atoms with van der Waals surface area (Å²) in [6, 6.07) is 2.82. The molecule has 0 atom stereocenters. The van der Waals surface area contributed by atoms with Crippen molar-refractivity contribution in [2.75, 3.05) is 7.11 Å². The highest BCUT2D eigenvalue weighted by molar-refractivity contribution is 5.87. The Bertz CT molecular complexity index is 756. The minimum atomic E-state index is -0.930. The summed E-state index contributed by atoms with van der Waals surface area (Å²) in [6.07, 6.45) is 1.58. The Hall–Kier alpha value is -2.57. The van der Waals surface area contributed by atoms with Gasteiger partial charge >= 0.3 is 5.97 Å². The average Bonchev–Trinajstić information content (AvgIpc) is 2.49. The first-order valence-electron chi connectivity index (χ1n) is 6.14. The summed E-state index contributed by atoms with van der Waals surface area (Å²) in [5, 5.41) is 3.75. The van der Waals surface area contributed by atoms with E-state index >= 15 is 0 Å². The molecule has 0 saturated heterocycles. The zero-order valence-electron chi connectivity index (χ0n) is 11.4. The monoisotopic (exact) mass is 294 g/mol. The number of rotatable bonds is 3. The van der Waals surface area contributed by atoms with Gasteiger partial charge in [0.1, 0.15) is 17.3 Å². The molecule has 0 aliphatic carbocycles. The predicted octanol–water partition coefficient (Wildman–Crippen LogP) is 1.86. The largest absolute Gasteiger partial charge is 0.464 e. The minimum absolute atomic E-state index is 0.199. The molecule has 0 bridgehead atoms. The molecule has 0 spiro atoms. The molecule has 110 valence electrons. The highest BCUT2D eigenvalue weighted by atomic mass is 19.1. The fraction of sp³-hybridized carbons (Fsp3) is 0.214. The van der Waals surface area contributed by atoms with Gasteiger partial charge in [0, 0.05) is 17.8 Å². The van der Waals surface area contributed by atoms with Crippen LogP contribution in [0.15, 0.2) is 29.2 Å². The van der Waals surface area contributed by atoms with Crippen LogP contribution in [0.25, 0.3) is 5.69 Å². The first-order valence-corrected chi connectivity index (χ1v) is 6.14. The average molecular weight is 294 g/mol. The maximum absolute atomic E-state index is 13.8. The third kappa shape index (κ3) is 2.81. The number of halogens is 2. The van der Waals surface area contributed by atoms with Crippen LogP contribution in [0.5, 0.6) is 0 Å². The topological polar surface area (TPSA) is 61.2 Å². The molecule has 0 saturated carbocycles. The number of aryl methyl sites for hydroxylation is 1. The van der Waals surface area contributed by atoms with Crippen LogP contribution >= 0.6 is 0 Å². The second-order valence-electron chi connectivity index (χ2n) is 4.22. The Kier molecular flexibility index (Phi) is 4.11. The van der Waals surface area contributed by atoms with Crippen LogP contribution in [0.3, 0.4) is 0 Å². The maximum atomic E-state index is 13.8. The normalized spacial score (nSPS) is 10.5. The number of hydrogen-bond acceptors (Lipinski definition) is 4. The fourth-order valence-corrected chi connectivity index (χ4v) is 1.81. The molecule has 1 aromatic heterocycles. The standard InChI is InChI=1S/C14H12F2N2O3/c1-3-8-7-18(11-6-9(15)4-5-10(11)16)17-12(13(8)19)14(20)21-2/h4-7H,3H2,1-2H3. The molecule has 1 heterocycles. The number of hydrogen-bond donors (Lipinski definition) is 0. The van der Waals surface area contributed by atoms with Crippen molar-refractivity contribution in [3.8, 4) is 5.69 Å². The SMILES string of the molecule is CCc1cn(-c2cc(F)ccc2F)nc(C(=O)OC)c1=O. The lowest BCUT2D eigenvalue weighted by Gasteiger charge is -2.10. The van der Waals surface area contributed by atoms with Gasteiger partial charge in [0.15, 0.2) is 0 Å². The van der Waals surface area contributed by atoms with Crippen LogP contribution in [-0.2, 0) is 11.2 Å². The van der Waals surface area contributed by atoms with Crippen molar-refractivity contribution >= 4 is 5.97 Å². The number of ether oxygens (including phenoxy) is 1. The van der Waals surface area contributed by atoms with Gasteiger partial charge in [-0.25, -0.2) is 18.3 Å². The molecule has 0 aliphatic heterocycles. The van der Waals surface area contributed by atoms with Crippen molar-refractivity contribution in [2.45, 2.75) is 13.3 Å². The zero-order valence-corrected chi connectivity index (χ0v) is 11.4. The van der Waals surface area contributed by atoms with Crippen molar-refractivity contribution in [3.05, 3.63) is 57.5 Å². The third-order valence-corrected chi connectivity index (χ3v) is 2.91. The molecule has 0 aliphatic rings. The summed E-state index contributed by atoms with van der Waals surface area (Å²) < 4.78 is 32.5. The van der Waals surface area contributed by atoms with Crippen LogP contribution in [0.1, 0.15) is 23.0 Å². The molecule has 0 fully saturated rings. The van der Waals surface area contributed by atoms with Crippen molar-refractivity contribution in [2.24, 2.45) is 0 Å². The highest BCUT2D eigenvalue weighted by Crippen LogP contribution is 2.14. The highest BCUT2D eigenvalue weighted by Gasteiger charge is 2.18. The zero-order chi connectivity index (χ0) is 15.6. The Morgan fingerprint density at radius 1 is 1.38 bits per heavy atom. The first kappa shape index (κ1) is 14.8. The molecule has 0 amide bonds. The van der Waals surface area contributed by atoms with Gasteiger partial charge in [-0.15, -0.1) is 0 Å². The number of aromatic nitrogens is 2. The molecule has 2 aromatic rings. The van der Waals surface area contributed by atoms with Crippen molar-refractivity contribution in [1.29, 1.82) is 0 Å². The van der Waals surface area contributed by atoms with E-state index in [-0.39, 0.29) is 11.3 Å². The lowest BCUT2D eigenvalue weighted by molar-refractivity contribution is 0.0590. The summed E-state index contributed by atoms with van der Waals surface area (Å²) in [5.74, 6) is -2.32. The first-order chi connectivity index (χ1) is 9.97. The smallest absolute Gasteiger partial charge is 0.362 e. The molecule has 1 aromatic carbocycles. The maximum Gasteiger partial charge on any atom is 0.362 e. The number of methoxy groups -OCH3 is 1. The van der Waals surface area contributed by atoms with E-state index in [2.05, 4.69) is 9.84 Å². The van der Waals surface area contributed by atoms with E-state index < -0.39 is 28.7 Å². The molecule has 0 N–H and O–H groups in total. The van der Waals surface area contributed by atoms with E-state index in [1.807, 2.05) is 0 Å². The van der Waals surface area contributed by atoms with Gasteiger partial charge in [-0.05, 0) is 18.6 Å². The van der Waals surface area contributed by atoms with Gasteiger partial charge in [0.2, 0.25) is 11.1 Å². The third-order valence-electron chi connectivity index (χ3n) is 2.91. The summed E-state index contributed by atoms with van der Waals surface area (Å²) >= 11 is 0. The Labute approximate surface area is 118 Å². The second-order valence-corrected chi connectivity index (χ2v) is 4.22. The molecule has 2 rings (SSSR count). The summed E-state index contributed by atoms with van der Waals surface area (Å²) in [7, 11) is 1.11. The predicted molar refractivity (Wildman–Crippen MR) is 70.5 cm³/mol. The van der Waals surface area contributed by atoms with Crippen molar-refractivity contribution in [1.82, 2.24) is 9.78 Å². The van der Waals surface area contributed by atoms with Crippen molar-refractivity contribution in [3.63, 3.8) is 0 Å². The van der Waals surface area contributed by atoms with Gasteiger partial charge in [-0.3, -0.25) is 4.79 Å². The lowest BCUT2D eigenvalue weighted by Crippen LogP contribution is -2.25. The number of nitrogens with zero attached hydrogens (tertiary/aromatic N) is 2. The van der Waals surface area contributed by atoms with Crippen LogP contribution in [-0.4, -0.2) is 22.9 Å². The molecule has 7 heteroatoms. The van der Waals surface area contributed by atoms with E-state index in [0.29, 0.717) is 6.42 Å². The molecule has 21 heavy (non-hydrogen) atoms. The number of carbonyl (C=O) groups is 1. The molecule has 0 radical (unpaired) electrons. The van der Waals surface area contributed by atoms with E-state index in [9.17, 15) is 18.4 Å². The Morgan fingerprint density at radius 2 is 2.10 bits per heavy atom. The van der Waals surface area contributed by atoms with Crippen LogP contribution in [0, 0.1) is 11.6 Å². The minimum Gasteiger partial charge on any atom is -0.464 e. The summed E-state index contributed by atoms with van der Waals surface area (Å²) in [6.45, 7) is 1.70. The van der Waals surface area contributed by atoms with E-state index in [1.165, 1.54) is 6.20 Å². The van der Waals surface area contributed by atoms with E-state index in [1.54, 1.807) is 6.92 Å². The van der Waals surface area contributed by atoms with E-state index in [0.717, 1.165) is 30.0 Å². The fourth-order valence-electron chi connectivity index (χ4n) is 1.81. The molecular formula is C14H12F2N2O3. The lowest BCUT2D eigenvalue weighted by atomic mass is 10.2. The van der Waals surface area contributed by atoms with Gasteiger partial charge in [-0.1, -0.05) is 6.92 Å². The molecule has 0 unspecified atom stereocenters. The van der Waals surface area contributed by atoms with Crippen LogP contribution < -0.4 is 5.43 Å². The Morgan fingerprint density at radius 3 is 2.71 bits per heavy atom. The van der Waals surface area contributed by atoms with Gasteiger partial charge in [-0.2, -0.15) is 5.10 Å². The molecule has 5 nitrogen and oxygen atoms in total. The van der Waals surface area contributed by atoms with Gasteiger partial charge in [0.05, 0.1) is 7.11 Å².